The average molecular weight is 583 g/mol. The first-order chi connectivity index (χ1) is 18.6. The molecule has 2 fully saturated rings. The summed E-state index contributed by atoms with van der Waals surface area (Å²) >= 11 is 0. The minimum atomic E-state index is -5.08. The van der Waals surface area contributed by atoms with E-state index >= 15 is 0 Å². The second kappa shape index (κ2) is 14.0. The molecule has 0 unspecified atom stereocenters. The SMILES string of the molecule is O=C(NC[C@@H]1CO[C@@H]2CN(Cc3ccccc3F)C[C@H]12)c1ccncc1.O=C(O)C(F)(F)F.O=C(O)C(F)(F)F. The molecular weight excluding hydrogens is 559 g/mol. The highest BCUT2D eigenvalue weighted by molar-refractivity contribution is 5.93. The van der Waals surface area contributed by atoms with E-state index in [1.165, 1.54) is 6.07 Å². The van der Waals surface area contributed by atoms with E-state index in [2.05, 4.69) is 15.2 Å². The van der Waals surface area contributed by atoms with Crippen LogP contribution in [0.25, 0.3) is 0 Å². The molecule has 16 heteroatoms. The Kier molecular flexibility index (Phi) is 11.4. The summed E-state index contributed by atoms with van der Waals surface area (Å²) in [6.45, 7) is 3.54. The largest absolute Gasteiger partial charge is 0.490 e. The van der Waals surface area contributed by atoms with Crippen LogP contribution in [0.3, 0.4) is 0 Å². The van der Waals surface area contributed by atoms with Crippen LogP contribution in [0.4, 0.5) is 30.7 Å². The number of amides is 1. The highest BCUT2D eigenvalue weighted by atomic mass is 19.4. The predicted molar refractivity (Wildman–Crippen MR) is 122 cm³/mol. The fourth-order valence-corrected chi connectivity index (χ4v) is 3.92. The van der Waals surface area contributed by atoms with Gasteiger partial charge in [0.2, 0.25) is 0 Å². The number of hydrogen-bond donors (Lipinski definition) is 3. The number of pyridine rings is 1. The van der Waals surface area contributed by atoms with Crippen molar-refractivity contribution in [3.63, 3.8) is 0 Å². The maximum Gasteiger partial charge on any atom is 0.490 e. The van der Waals surface area contributed by atoms with E-state index in [4.69, 9.17) is 24.5 Å². The third kappa shape index (κ3) is 10.1. The lowest BCUT2D eigenvalue weighted by molar-refractivity contribution is -0.193. The smallest absolute Gasteiger partial charge is 0.475 e. The summed E-state index contributed by atoms with van der Waals surface area (Å²) in [5.41, 5.74) is 1.33. The van der Waals surface area contributed by atoms with E-state index < -0.39 is 24.3 Å². The third-order valence-electron chi connectivity index (χ3n) is 5.82. The molecule has 4 rings (SSSR count). The summed E-state index contributed by atoms with van der Waals surface area (Å²) < 4.78 is 83.3. The summed E-state index contributed by atoms with van der Waals surface area (Å²) in [7, 11) is 0. The zero-order valence-corrected chi connectivity index (χ0v) is 20.5. The number of likely N-dealkylation sites (tertiary alicyclic amines) is 1. The molecule has 2 aliphatic rings. The van der Waals surface area contributed by atoms with Gasteiger partial charge in [-0.3, -0.25) is 14.7 Å². The van der Waals surface area contributed by atoms with Gasteiger partial charge in [0, 0.05) is 61.5 Å². The average Bonchev–Trinajstić information content (AvgIpc) is 3.44. The number of carboxylic acids is 2. The summed E-state index contributed by atoms with van der Waals surface area (Å²) in [6.07, 6.45) is -6.77. The van der Waals surface area contributed by atoms with Crippen molar-refractivity contribution in [2.24, 2.45) is 11.8 Å². The highest BCUT2D eigenvalue weighted by Gasteiger charge is 2.43. The van der Waals surface area contributed by atoms with Crippen LogP contribution in [0.1, 0.15) is 15.9 Å². The molecule has 1 amide bonds. The number of carbonyl (C=O) groups excluding carboxylic acids is 1. The molecule has 0 radical (unpaired) electrons. The van der Waals surface area contributed by atoms with Crippen LogP contribution in [0.2, 0.25) is 0 Å². The molecule has 3 N–H and O–H groups in total. The lowest BCUT2D eigenvalue weighted by Crippen LogP contribution is -2.34. The molecule has 220 valence electrons. The van der Waals surface area contributed by atoms with Crippen molar-refractivity contribution >= 4 is 17.8 Å². The fourth-order valence-electron chi connectivity index (χ4n) is 3.92. The Balaban J connectivity index is 0.000000333. The standard InChI is InChI=1S/C20H22FN3O2.2C2HF3O2/c21-18-4-2-1-3-15(18)10-24-11-17-16(13-26-19(17)12-24)9-23-20(25)14-5-7-22-8-6-14;2*3-2(4,5)1(6)7/h1-8,16-17,19H,9-13H2,(H,23,25);2*(H,6,7)/t16-,17-,19-;;/m1../s1. The van der Waals surface area contributed by atoms with E-state index in [1.54, 1.807) is 30.6 Å². The van der Waals surface area contributed by atoms with Crippen molar-refractivity contribution in [3.8, 4) is 0 Å². The number of carboxylic acid groups (broad SMARTS) is 2. The summed E-state index contributed by atoms with van der Waals surface area (Å²) in [5.74, 6) is -5.10. The number of hydrogen-bond acceptors (Lipinski definition) is 6. The van der Waals surface area contributed by atoms with Gasteiger partial charge in [0.25, 0.3) is 5.91 Å². The lowest BCUT2D eigenvalue weighted by Gasteiger charge is -2.20. The maximum atomic E-state index is 13.9. The molecule has 0 spiro atoms. The maximum absolute atomic E-state index is 13.9. The quantitative estimate of drug-likeness (QED) is 0.458. The van der Waals surface area contributed by atoms with E-state index in [0.29, 0.717) is 31.2 Å². The molecule has 2 saturated heterocycles. The number of carbonyl (C=O) groups is 3. The van der Waals surface area contributed by atoms with Gasteiger partial charge < -0.3 is 20.3 Å². The Hall–Kier alpha value is -3.79. The van der Waals surface area contributed by atoms with Crippen molar-refractivity contribution in [2.45, 2.75) is 25.0 Å². The topological polar surface area (TPSA) is 129 Å². The Morgan fingerprint density at radius 3 is 2.02 bits per heavy atom. The number of aliphatic carboxylic acids is 2. The number of benzene rings is 1. The van der Waals surface area contributed by atoms with Gasteiger partial charge in [0.15, 0.2) is 0 Å². The molecule has 3 atom stereocenters. The zero-order chi connectivity index (χ0) is 30.1. The minimum Gasteiger partial charge on any atom is -0.475 e. The predicted octanol–water partition coefficient (Wildman–Crippen LogP) is 3.36. The monoisotopic (exact) mass is 583 g/mol. The number of alkyl halides is 6. The minimum absolute atomic E-state index is 0.0861. The Labute approximate surface area is 222 Å². The fraction of sp³-hybridized carbons (Fsp3) is 0.417. The van der Waals surface area contributed by atoms with E-state index in [1.807, 2.05) is 12.1 Å². The van der Waals surface area contributed by atoms with Crippen LogP contribution in [0.5, 0.6) is 0 Å². The number of ether oxygens (including phenoxy) is 1. The Bertz CT molecular complexity index is 1120. The molecule has 1 aromatic heterocycles. The van der Waals surface area contributed by atoms with Crippen molar-refractivity contribution in [1.82, 2.24) is 15.2 Å². The van der Waals surface area contributed by atoms with Gasteiger partial charge in [-0.1, -0.05) is 18.2 Å². The highest BCUT2D eigenvalue weighted by Crippen LogP contribution is 2.34. The summed E-state index contributed by atoms with van der Waals surface area (Å²) in [5, 5.41) is 17.3. The van der Waals surface area contributed by atoms with Gasteiger partial charge in [-0.05, 0) is 18.2 Å². The zero-order valence-electron chi connectivity index (χ0n) is 20.5. The van der Waals surface area contributed by atoms with Crippen molar-refractivity contribution < 1.29 is 60.1 Å². The van der Waals surface area contributed by atoms with Gasteiger partial charge in [0.05, 0.1) is 12.7 Å². The van der Waals surface area contributed by atoms with Crippen LogP contribution in [-0.4, -0.2) is 82.6 Å². The van der Waals surface area contributed by atoms with Gasteiger partial charge in [-0.2, -0.15) is 26.3 Å². The molecular formula is C24H24F7N3O6. The molecule has 2 aliphatic heterocycles. The summed E-state index contributed by atoms with van der Waals surface area (Å²) in [4.78, 5) is 36.2. The molecule has 0 saturated carbocycles. The Morgan fingerprint density at radius 1 is 0.950 bits per heavy atom. The number of halogens is 7. The van der Waals surface area contributed by atoms with Crippen LogP contribution < -0.4 is 5.32 Å². The first-order valence-corrected chi connectivity index (χ1v) is 11.5. The number of nitrogens with one attached hydrogen (secondary N) is 1. The molecule has 0 bridgehead atoms. The van der Waals surface area contributed by atoms with E-state index in [9.17, 15) is 35.5 Å². The van der Waals surface area contributed by atoms with Gasteiger partial charge in [0.1, 0.15) is 5.82 Å². The second-order valence-corrected chi connectivity index (χ2v) is 8.63. The van der Waals surface area contributed by atoms with Crippen molar-refractivity contribution in [2.75, 3.05) is 26.2 Å². The first-order valence-electron chi connectivity index (χ1n) is 11.5. The van der Waals surface area contributed by atoms with Crippen LogP contribution in [-0.2, 0) is 20.9 Å². The molecule has 40 heavy (non-hydrogen) atoms. The van der Waals surface area contributed by atoms with Crippen LogP contribution in [0.15, 0.2) is 48.8 Å². The second-order valence-electron chi connectivity index (χ2n) is 8.63. The van der Waals surface area contributed by atoms with E-state index in [0.717, 1.165) is 18.7 Å². The molecule has 0 aliphatic carbocycles. The lowest BCUT2D eigenvalue weighted by atomic mass is 9.93. The molecule has 9 nitrogen and oxygen atoms in total. The summed E-state index contributed by atoms with van der Waals surface area (Å²) in [6, 6.07) is 10.3. The molecule has 3 heterocycles. The number of nitrogens with zero attached hydrogens (tertiary/aromatic N) is 2. The van der Waals surface area contributed by atoms with Crippen LogP contribution >= 0.6 is 0 Å². The first kappa shape index (κ1) is 32.4. The van der Waals surface area contributed by atoms with Crippen molar-refractivity contribution in [3.05, 3.63) is 65.7 Å². The van der Waals surface area contributed by atoms with Gasteiger partial charge >= 0.3 is 24.3 Å². The molecule has 2 aromatic rings. The van der Waals surface area contributed by atoms with E-state index in [-0.39, 0.29) is 23.7 Å². The van der Waals surface area contributed by atoms with Crippen molar-refractivity contribution in [1.29, 1.82) is 0 Å². The number of aromatic nitrogens is 1. The van der Waals surface area contributed by atoms with Crippen LogP contribution in [0, 0.1) is 17.7 Å². The van der Waals surface area contributed by atoms with Gasteiger partial charge in [-0.25, -0.2) is 14.0 Å². The third-order valence-corrected chi connectivity index (χ3v) is 5.82. The molecule has 1 aromatic carbocycles. The normalized spacial score (nSPS) is 20.3. The number of rotatable bonds is 5. The van der Waals surface area contributed by atoms with Gasteiger partial charge in [-0.15, -0.1) is 0 Å². The Morgan fingerprint density at radius 2 is 1.50 bits per heavy atom. The number of fused-ring (bicyclic) bond motifs is 1.